The zero-order chi connectivity index (χ0) is 13.4. The van der Waals surface area contributed by atoms with Crippen LogP contribution in [-0.4, -0.2) is 15.6 Å². The van der Waals surface area contributed by atoms with Crippen LogP contribution in [0.5, 0.6) is 0 Å². The van der Waals surface area contributed by atoms with Crippen LogP contribution in [0, 0.1) is 6.92 Å². The summed E-state index contributed by atoms with van der Waals surface area (Å²) in [6.45, 7) is 1.86. The molecule has 3 nitrogen and oxygen atoms in total. The van der Waals surface area contributed by atoms with Crippen LogP contribution in [0.1, 0.15) is 21.6 Å². The number of rotatable bonds is 2. The van der Waals surface area contributed by atoms with Gasteiger partial charge in [0.25, 0.3) is 0 Å². The molecule has 0 fully saturated rings. The number of hydrogen-bond acceptors (Lipinski definition) is 2. The van der Waals surface area contributed by atoms with Crippen molar-refractivity contribution < 1.29 is 4.79 Å². The quantitative estimate of drug-likeness (QED) is 0.655. The fraction of sp³-hybridized carbons (Fsp3) is 0.125. The number of carbonyl (C=O) groups excluding carboxylic acids is 1. The molecule has 3 heteroatoms. The third-order valence-electron chi connectivity index (χ3n) is 3.29. The molecule has 3 rings (SSSR count). The first-order valence-corrected chi connectivity index (χ1v) is 6.19. The largest absolute Gasteiger partial charge is 0.288 e. The first kappa shape index (κ1) is 11.7. The van der Waals surface area contributed by atoms with Gasteiger partial charge in [-0.1, -0.05) is 42.5 Å². The fourth-order valence-electron chi connectivity index (χ4n) is 2.39. The molecule has 0 aliphatic carbocycles. The Morgan fingerprint density at radius 3 is 2.53 bits per heavy atom. The average molecular weight is 250 g/mol. The average Bonchev–Trinajstić information content (AvgIpc) is 2.76. The molecule has 3 aromatic rings. The van der Waals surface area contributed by atoms with Crippen molar-refractivity contribution in [2.24, 2.45) is 7.05 Å². The molecule has 0 aliphatic rings. The highest BCUT2D eigenvalue weighted by Crippen LogP contribution is 2.22. The molecule has 1 aromatic heterocycles. The lowest BCUT2D eigenvalue weighted by Crippen LogP contribution is -2.02. The van der Waals surface area contributed by atoms with Gasteiger partial charge in [0.05, 0.1) is 11.3 Å². The Morgan fingerprint density at radius 1 is 1.05 bits per heavy atom. The number of hydrogen-bond donors (Lipinski definition) is 0. The Hall–Kier alpha value is -2.42. The van der Waals surface area contributed by atoms with Crippen LogP contribution in [0.15, 0.2) is 48.7 Å². The van der Waals surface area contributed by atoms with E-state index in [1.807, 2.05) is 56.4 Å². The second kappa shape index (κ2) is 4.35. The highest BCUT2D eigenvalue weighted by Gasteiger charge is 2.16. The summed E-state index contributed by atoms with van der Waals surface area (Å²) in [7, 11) is 1.83. The van der Waals surface area contributed by atoms with E-state index in [0.29, 0.717) is 5.56 Å². The van der Waals surface area contributed by atoms with E-state index in [4.69, 9.17) is 0 Å². The molecule has 0 saturated heterocycles. The van der Waals surface area contributed by atoms with Crippen LogP contribution >= 0.6 is 0 Å². The van der Waals surface area contributed by atoms with Gasteiger partial charge in [-0.3, -0.25) is 9.48 Å². The minimum absolute atomic E-state index is 0.0300. The van der Waals surface area contributed by atoms with Gasteiger partial charge >= 0.3 is 0 Å². The lowest BCUT2D eigenvalue weighted by molar-refractivity contribution is 0.103. The summed E-state index contributed by atoms with van der Waals surface area (Å²) in [5.74, 6) is 0.0300. The molecule has 94 valence electrons. The molecule has 0 saturated carbocycles. The molecule has 19 heavy (non-hydrogen) atoms. The van der Waals surface area contributed by atoms with Gasteiger partial charge in [-0.05, 0) is 17.7 Å². The van der Waals surface area contributed by atoms with Crippen molar-refractivity contribution in [1.29, 1.82) is 0 Å². The summed E-state index contributed by atoms with van der Waals surface area (Å²) < 4.78 is 1.67. The lowest BCUT2D eigenvalue weighted by atomic mass is 9.98. The number of aromatic nitrogens is 2. The van der Waals surface area contributed by atoms with Crippen molar-refractivity contribution >= 4 is 16.6 Å². The van der Waals surface area contributed by atoms with Crippen LogP contribution in [-0.2, 0) is 7.05 Å². The van der Waals surface area contributed by atoms with Gasteiger partial charge in [-0.25, -0.2) is 0 Å². The van der Waals surface area contributed by atoms with Gasteiger partial charge in [-0.15, -0.1) is 0 Å². The van der Waals surface area contributed by atoms with E-state index in [9.17, 15) is 4.79 Å². The summed E-state index contributed by atoms with van der Waals surface area (Å²) in [5.41, 5.74) is 2.16. The number of carbonyl (C=O) groups is 1. The Balaban J connectivity index is 2.19. The Bertz CT molecular complexity index is 766. The van der Waals surface area contributed by atoms with Crippen molar-refractivity contribution in [1.82, 2.24) is 9.78 Å². The number of nitrogens with zero attached hydrogens (tertiary/aromatic N) is 2. The highest BCUT2D eigenvalue weighted by atomic mass is 16.1. The molecule has 0 N–H and O–H groups in total. The Kier molecular flexibility index (Phi) is 2.67. The molecule has 0 amide bonds. The van der Waals surface area contributed by atoms with E-state index in [0.717, 1.165) is 22.0 Å². The first-order valence-electron chi connectivity index (χ1n) is 6.19. The lowest BCUT2D eigenvalue weighted by Gasteiger charge is -2.04. The zero-order valence-electron chi connectivity index (χ0n) is 10.9. The van der Waals surface area contributed by atoms with E-state index in [1.54, 1.807) is 10.9 Å². The van der Waals surface area contributed by atoms with Gasteiger partial charge in [0.2, 0.25) is 0 Å². The minimum Gasteiger partial charge on any atom is -0.288 e. The summed E-state index contributed by atoms with van der Waals surface area (Å²) in [4.78, 5) is 12.6. The SMILES string of the molecule is Cc1nn(C)cc1C(=O)c1cccc2ccccc12. The fourth-order valence-corrected chi connectivity index (χ4v) is 2.39. The van der Waals surface area contributed by atoms with Crippen LogP contribution in [0.3, 0.4) is 0 Å². The molecular weight excluding hydrogens is 236 g/mol. The van der Waals surface area contributed by atoms with Crippen molar-refractivity contribution in [3.63, 3.8) is 0 Å². The maximum Gasteiger partial charge on any atom is 0.197 e. The van der Waals surface area contributed by atoms with Gasteiger partial charge in [0.1, 0.15) is 0 Å². The van der Waals surface area contributed by atoms with E-state index in [1.165, 1.54) is 0 Å². The van der Waals surface area contributed by atoms with E-state index >= 15 is 0 Å². The van der Waals surface area contributed by atoms with E-state index in [2.05, 4.69) is 5.10 Å². The summed E-state index contributed by atoms with van der Waals surface area (Å²) in [6, 6.07) is 13.7. The topological polar surface area (TPSA) is 34.9 Å². The molecule has 0 aliphatic heterocycles. The second-order valence-corrected chi connectivity index (χ2v) is 4.66. The summed E-state index contributed by atoms with van der Waals surface area (Å²) in [5, 5.41) is 6.30. The maximum absolute atomic E-state index is 12.6. The summed E-state index contributed by atoms with van der Waals surface area (Å²) >= 11 is 0. The third-order valence-corrected chi connectivity index (χ3v) is 3.29. The van der Waals surface area contributed by atoms with Gasteiger partial charge in [0, 0.05) is 18.8 Å². The smallest absolute Gasteiger partial charge is 0.197 e. The number of aryl methyl sites for hydroxylation is 2. The normalized spacial score (nSPS) is 10.8. The summed E-state index contributed by atoms with van der Waals surface area (Å²) in [6.07, 6.45) is 1.78. The van der Waals surface area contributed by atoms with Gasteiger partial charge in [0.15, 0.2) is 5.78 Å². The first-order chi connectivity index (χ1) is 9.16. The van der Waals surface area contributed by atoms with Crippen molar-refractivity contribution in [2.75, 3.05) is 0 Å². The monoisotopic (exact) mass is 250 g/mol. The van der Waals surface area contributed by atoms with Crippen LogP contribution in [0.25, 0.3) is 10.8 Å². The van der Waals surface area contributed by atoms with Crippen LogP contribution < -0.4 is 0 Å². The standard InChI is InChI=1S/C16H14N2O/c1-11-15(10-18(2)17-11)16(19)14-9-5-7-12-6-3-4-8-13(12)14/h3-10H,1-2H3. The predicted octanol–water partition coefficient (Wildman–Crippen LogP) is 3.11. The van der Waals surface area contributed by atoms with Crippen molar-refractivity contribution in [2.45, 2.75) is 6.92 Å². The van der Waals surface area contributed by atoms with E-state index < -0.39 is 0 Å². The Morgan fingerprint density at radius 2 is 1.79 bits per heavy atom. The van der Waals surface area contributed by atoms with Crippen molar-refractivity contribution in [3.8, 4) is 0 Å². The molecule has 1 heterocycles. The highest BCUT2D eigenvalue weighted by molar-refractivity contribution is 6.16. The molecule has 2 aromatic carbocycles. The Labute approximate surface area is 111 Å². The number of benzene rings is 2. The number of fused-ring (bicyclic) bond motifs is 1. The predicted molar refractivity (Wildman–Crippen MR) is 75.3 cm³/mol. The minimum atomic E-state index is 0.0300. The maximum atomic E-state index is 12.6. The van der Waals surface area contributed by atoms with Gasteiger partial charge in [-0.2, -0.15) is 5.10 Å². The van der Waals surface area contributed by atoms with Gasteiger partial charge < -0.3 is 0 Å². The van der Waals surface area contributed by atoms with Crippen molar-refractivity contribution in [3.05, 3.63) is 65.5 Å². The second-order valence-electron chi connectivity index (χ2n) is 4.66. The molecule has 0 unspecified atom stereocenters. The van der Waals surface area contributed by atoms with E-state index in [-0.39, 0.29) is 5.78 Å². The number of ketones is 1. The zero-order valence-corrected chi connectivity index (χ0v) is 10.9. The molecule has 0 atom stereocenters. The molecule has 0 spiro atoms. The van der Waals surface area contributed by atoms with Crippen LogP contribution in [0.2, 0.25) is 0 Å². The van der Waals surface area contributed by atoms with Crippen LogP contribution in [0.4, 0.5) is 0 Å². The third kappa shape index (κ3) is 1.93. The molecule has 0 bridgehead atoms. The molecular formula is C16H14N2O. The molecule has 0 radical (unpaired) electrons.